The van der Waals surface area contributed by atoms with Crippen molar-refractivity contribution in [1.29, 1.82) is 0 Å². The second-order valence-corrected chi connectivity index (χ2v) is 5.35. The Kier molecular flexibility index (Phi) is 6.27. The Hall–Kier alpha value is -2.70. The zero-order valence-corrected chi connectivity index (χ0v) is 15.4. The third-order valence-corrected chi connectivity index (χ3v) is 3.41. The molecule has 7 nitrogen and oxygen atoms in total. The van der Waals surface area contributed by atoms with Crippen LogP contribution < -0.4 is 19.5 Å². The lowest BCUT2D eigenvalue weighted by molar-refractivity contribution is 0.102. The molecule has 1 heterocycles. The molecular weight excluding hydrogens is 322 g/mol. The Bertz CT molecular complexity index is 713. The summed E-state index contributed by atoms with van der Waals surface area (Å²) in [5.74, 6) is 1.84. The lowest BCUT2D eigenvalue weighted by Crippen LogP contribution is -2.15. The van der Waals surface area contributed by atoms with Gasteiger partial charge in [0.2, 0.25) is 5.75 Å². The zero-order valence-electron chi connectivity index (χ0n) is 15.4. The van der Waals surface area contributed by atoms with Gasteiger partial charge in [0, 0.05) is 18.7 Å². The normalized spacial score (nSPS) is 10.4. The molecule has 136 valence electrons. The average Bonchev–Trinajstić information content (AvgIpc) is 2.88. The summed E-state index contributed by atoms with van der Waals surface area (Å²) in [5, 5.41) is 7.07. The fourth-order valence-corrected chi connectivity index (χ4v) is 2.44. The summed E-state index contributed by atoms with van der Waals surface area (Å²) in [6, 6.07) is 5.13. The van der Waals surface area contributed by atoms with Crippen LogP contribution in [0.4, 0.5) is 5.82 Å². The van der Waals surface area contributed by atoms with Crippen LogP contribution in [-0.4, -0.2) is 35.5 Å². The summed E-state index contributed by atoms with van der Waals surface area (Å²) in [7, 11) is 1.78. The zero-order chi connectivity index (χ0) is 18.4. The molecule has 0 saturated heterocycles. The number of carbonyl (C=O) groups excluding carboxylic acids is 1. The number of anilines is 1. The molecule has 1 amide bonds. The molecule has 1 aromatic heterocycles. The number of aromatic nitrogens is 2. The van der Waals surface area contributed by atoms with Crippen molar-refractivity contribution in [3.8, 4) is 17.2 Å². The number of benzene rings is 1. The van der Waals surface area contributed by atoms with Crippen LogP contribution in [0.1, 0.15) is 36.8 Å². The minimum absolute atomic E-state index is 0.270. The van der Waals surface area contributed by atoms with Gasteiger partial charge >= 0.3 is 0 Å². The maximum Gasteiger partial charge on any atom is 0.257 e. The highest BCUT2D eigenvalue weighted by Gasteiger charge is 2.19. The van der Waals surface area contributed by atoms with E-state index in [2.05, 4.69) is 10.4 Å². The quantitative estimate of drug-likeness (QED) is 0.794. The third kappa shape index (κ3) is 4.43. The Labute approximate surface area is 147 Å². The smallest absolute Gasteiger partial charge is 0.257 e. The van der Waals surface area contributed by atoms with Crippen LogP contribution in [0.2, 0.25) is 0 Å². The molecule has 0 radical (unpaired) electrons. The molecule has 0 aliphatic rings. The number of rotatable bonds is 8. The predicted molar refractivity (Wildman–Crippen MR) is 95.8 cm³/mol. The topological polar surface area (TPSA) is 74.6 Å². The molecule has 0 fully saturated rings. The van der Waals surface area contributed by atoms with Crippen molar-refractivity contribution in [2.45, 2.75) is 27.7 Å². The maximum absolute atomic E-state index is 12.7. The highest BCUT2D eigenvalue weighted by molar-refractivity contribution is 6.04. The van der Waals surface area contributed by atoms with E-state index in [-0.39, 0.29) is 5.91 Å². The van der Waals surface area contributed by atoms with E-state index in [9.17, 15) is 4.79 Å². The lowest BCUT2D eigenvalue weighted by Gasteiger charge is -2.17. The van der Waals surface area contributed by atoms with Crippen molar-refractivity contribution in [2.24, 2.45) is 7.05 Å². The number of ether oxygens (including phenoxy) is 3. The monoisotopic (exact) mass is 347 g/mol. The summed E-state index contributed by atoms with van der Waals surface area (Å²) in [5.41, 5.74) is 1.25. The summed E-state index contributed by atoms with van der Waals surface area (Å²) in [6.45, 7) is 8.89. The van der Waals surface area contributed by atoms with E-state index < -0.39 is 0 Å². The van der Waals surface area contributed by atoms with Crippen LogP contribution in [-0.2, 0) is 7.05 Å². The summed E-state index contributed by atoms with van der Waals surface area (Å²) >= 11 is 0. The molecule has 0 atom stereocenters. The maximum atomic E-state index is 12.7. The van der Waals surface area contributed by atoms with E-state index in [1.54, 1.807) is 29.9 Å². The van der Waals surface area contributed by atoms with E-state index >= 15 is 0 Å². The van der Waals surface area contributed by atoms with Crippen molar-refractivity contribution < 1.29 is 19.0 Å². The van der Waals surface area contributed by atoms with Gasteiger partial charge in [-0.25, -0.2) is 0 Å². The van der Waals surface area contributed by atoms with Crippen LogP contribution in [0.5, 0.6) is 17.2 Å². The van der Waals surface area contributed by atoms with Gasteiger partial charge in [-0.3, -0.25) is 9.48 Å². The van der Waals surface area contributed by atoms with Gasteiger partial charge in [-0.1, -0.05) is 0 Å². The van der Waals surface area contributed by atoms with Crippen molar-refractivity contribution in [1.82, 2.24) is 9.78 Å². The van der Waals surface area contributed by atoms with Crippen molar-refractivity contribution in [3.05, 3.63) is 29.5 Å². The van der Waals surface area contributed by atoms with Gasteiger partial charge in [0.25, 0.3) is 5.91 Å². The summed E-state index contributed by atoms with van der Waals surface area (Å²) in [6.07, 6.45) is 0. The first-order valence-electron chi connectivity index (χ1n) is 8.38. The number of nitrogens with zero attached hydrogens (tertiary/aromatic N) is 2. The van der Waals surface area contributed by atoms with Crippen molar-refractivity contribution >= 4 is 11.7 Å². The van der Waals surface area contributed by atoms with Crippen LogP contribution >= 0.6 is 0 Å². The van der Waals surface area contributed by atoms with E-state index in [4.69, 9.17) is 14.2 Å². The first-order chi connectivity index (χ1) is 12.0. The Balaban J connectivity index is 2.38. The van der Waals surface area contributed by atoms with E-state index in [0.717, 1.165) is 5.69 Å². The second kappa shape index (κ2) is 8.41. The highest BCUT2D eigenvalue weighted by Crippen LogP contribution is 2.39. The first-order valence-corrected chi connectivity index (χ1v) is 8.38. The Morgan fingerprint density at radius 1 is 1.04 bits per heavy atom. The van der Waals surface area contributed by atoms with Gasteiger partial charge in [-0.15, -0.1) is 0 Å². The lowest BCUT2D eigenvalue weighted by atomic mass is 10.1. The van der Waals surface area contributed by atoms with E-state index in [1.165, 1.54) is 0 Å². The highest BCUT2D eigenvalue weighted by atomic mass is 16.5. The Morgan fingerprint density at radius 2 is 1.60 bits per heavy atom. The predicted octanol–water partition coefficient (Wildman–Crippen LogP) is 3.18. The van der Waals surface area contributed by atoms with E-state index in [1.807, 2.05) is 27.7 Å². The Morgan fingerprint density at radius 3 is 2.04 bits per heavy atom. The number of hydrogen-bond donors (Lipinski definition) is 1. The molecule has 1 N–H and O–H groups in total. The van der Waals surface area contributed by atoms with Crippen LogP contribution in [0, 0.1) is 6.92 Å². The molecule has 2 rings (SSSR count). The molecule has 0 aliphatic heterocycles. The van der Waals surface area contributed by atoms with Gasteiger partial charge in [-0.05, 0) is 39.8 Å². The van der Waals surface area contributed by atoms with E-state index in [0.29, 0.717) is 48.5 Å². The first kappa shape index (κ1) is 18.6. The molecule has 2 aromatic rings. The number of amides is 1. The van der Waals surface area contributed by atoms with Gasteiger partial charge in [0.05, 0.1) is 25.5 Å². The molecule has 7 heteroatoms. The van der Waals surface area contributed by atoms with Crippen molar-refractivity contribution in [2.75, 3.05) is 25.1 Å². The number of aryl methyl sites for hydroxylation is 2. The molecule has 1 aromatic carbocycles. The molecule has 0 spiro atoms. The molecule has 25 heavy (non-hydrogen) atoms. The van der Waals surface area contributed by atoms with Gasteiger partial charge in [0.1, 0.15) is 5.82 Å². The van der Waals surface area contributed by atoms with Crippen LogP contribution in [0.3, 0.4) is 0 Å². The molecule has 0 bridgehead atoms. The fourth-order valence-electron chi connectivity index (χ4n) is 2.44. The minimum Gasteiger partial charge on any atom is -0.490 e. The SMILES string of the molecule is CCOc1cc(C(=O)Nc2cc(C)nn2C)cc(OCC)c1OCC. The molecule has 0 unspecified atom stereocenters. The van der Waals surface area contributed by atoms with Crippen molar-refractivity contribution in [3.63, 3.8) is 0 Å². The third-order valence-electron chi connectivity index (χ3n) is 3.41. The van der Waals surface area contributed by atoms with Gasteiger partial charge in [0.15, 0.2) is 11.5 Å². The largest absolute Gasteiger partial charge is 0.490 e. The second-order valence-electron chi connectivity index (χ2n) is 5.35. The number of nitrogens with one attached hydrogen (secondary N) is 1. The number of hydrogen-bond acceptors (Lipinski definition) is 5. The molecular formula is C18H25N3O4. The summed E-state index contributed by atoms with van der Waals surface area (Å²) in [4.78, 5) is 12.7. The number of carbonyl (C=O) groups is 1. The fraction of sp³-hybridized carbons (Fsp3) is 0.444. The summed E-state index contributed by atoms with van der Waals surface area (Å²) < 4.78 is 18.6. The van der Waals surface area contributed by atoms with Crippen LogP contribution in [0.25, 0.3) is 0 Å². The minimum atomic E-state index is -0.270. The standard InChI is InChI=1S/C18H25N3O4/c1-6-23-14-10-13(11-15(24-7-2)17(14)25-8-3)18(22)19-16-9-12(4)20-21(16)5/h9-11H,6-8H2,1-5H3,(H,19,22). The van der Waals surface area contributed by atoms with Crippen LogP contribution in [0.15, 0.2) is 18.2 Å². The molecule has 0 saturated carbocycles. The van der Waals surface area contributed by atoms with Gasteiger partial charge in [-0.2, -0.15) is 5.10 Å². The molecule has 0 aliphatic carbocycles. The van der Waals surface area contributed by atoms with Gasteiger partial charge < -0.3 is 19.5 Å². The average molecular weight is 347 g/mol.